The molecule has 0 saturated carbocycles. The number of hydrogen-bond acceptors (Lipinski definition) is 4. The smallest absolute Gasteiger partial charge is 0.307 e. The van der Waals surface area contributed by atoms with E-state index in [0.717, 1.165) is 18.5 Å². The Kier molecular flexibility index (Phi) is 4.98. The molecule has 0 saturated heterocycles. The predicted molar refractivity (Wildman–Crippen MR) is 61.0 cm³/mol. The van der Waals surface area contributed by atoms with Crippen molar-refractivity contribution in [2.45, 2.75) is 32.4 Å². The number of nitrogens with one attached hydrogen (secondary N) is 1. The minimum absolute atomic E-state index is 0.0296. The second-order valence-electron chi connectivity index (χ2n) is 3.66. The fourth-order valence-corrected chi connectivity index (χ4v) is 1.55. The van der Waals surface area contributed by atoms with Crippen LogP contribution in [0.15, 0.2) is 12.4 Å². The molecule has 90 valence electrons. The Bertz CT molecular complexity index is 336. The molecular formula is C11H19N3O2. The first kappa shape index (κ1) is 12.7. The number of rotatable bonds is 6. The van der Waals surface area contributed by atoms with Crippen molar-refractivity contribution in [2.75, 3.05) is 14.2 Å². The molecule has 1 N–H and O–H groups in total. The van der Waals surface area contributed by atoms with Crippen molar-refractivity contribution < 1.29 is 9.53 Å². The summed E-state index contributed by atoms with van der Waals surface area (Å²) >= 11 is 0. The minimum Gasteiger partial charge on any atom is -0.469 e. The molecule has 1 unspecified atom stereocenters. The zero-order valence-electron chi connectivity index (χ0n) is 10.1. The molecule has 0 amide bonds. The summed E-state index contributed by atoms with van der Waals surface area (Å²) in [6.07, 6.45) is 5.13. The van der Waals surface area contributed by atoms with Gasteiger partial charge in [0.25, 0.3) is 0 Å². The topological polar surface area (TPSA) is 56.1 Å². The van der Waals surface area contributed by atoms with Gasteiger partial charge in [0.2, 0.25) is 0 Å². The van der Waals surface area contributed by atoms with E-state index in [2.05, 4.69) is 22.1 Å². The molecule has 5 nitrogen and oxygen atoms in total. The lowest BCUT2D eigenvalue weighted by Crippen LogP contribution is -2.20. The molecule has 1 aromatic heterocycles. The molecule has 1 atom stereocenters. The van der Waals surface area contributed by atoms with Crippen LogP contribution in [0, 0.1) is 0 Å². The lowest BCUT2D eigenvalue weighted by molar-refractivity contribution is -0.141. The lowest BCUT2D eigenvalue weighted by atomic mass is 10.1. The highest BCUT2D eigenvalue weighted by atomic mass is 16.5. The molecule has 5 heteroatoms. The standard InChI is InChI=1S/C11H19N3O2/c1-4-5-14-8-9(7-13-14)10(12-2)6-11(15)16-3/h7-8,10,12H,4-6H2,1-3H3. The molecule has 16 heavy (non-hydrogen) atoms. The van der Waals surface area contributed by atoms with Crippen LogP contribution in [0.25, 0.3) is 0 Å². The highest BCUT2D eigenvalue weighted by molar-refractivity contribution is 5.70. The van der Waals surface area contributed by atoms with Crippen molar-refractivity contribution in [1.82, 2.24) is 15.1 Å². The van der Waals surface area contributed by atoms with Gasteiger partial charge in [-0.15, -0.1) is 0 Å². The number of aromatic nitrogens is 2. The fraction of sp³-hybridized carbons (Fsp3) is 0.636. The van der Waals surface area contributed by atoms with Crippen molar-refractivity contribution in [3.8, 4) is 0 Å². The first-order valence-electron chi connectivity index (χ1n) is 5.47. The van der Waals surface area contributed by atoms with Crippen molar-refractivity contribution in [1.29, 1.82) is 0 Å². The molecule has 1 heterocycles. The Balaban J connectivity index is 2.67. The minimum atomic E-state index is -0.220. The maximum Gasteiger partial charge on any atom is 0.307 e. The van der Waals surface area contributed by atoms with Crippen molar-refractivity contribution in [3.05, 3.63) is 18.0 Å². The van der Waals surface area contributed by atoms with Gasteiger partial charge < -0.3 is 10.1 Å². The van der Waals surface area contributed by atoms with E-state index in [0.29, 0.717) is 6.42 Å². The molecule has 0 bridgehead atoms. The third-order valence-electron chi connectivity index (χ3n) is 2.46. The van der Waals surface area contributed by atoms with E-state index >= 15 is 0 Å². The van der Waals surface area contributed by atoms with Gasteiger partial charge in [0.15, 0.2) is 0 Å². The maximum atomic E-state index is 11.2. The monoisotopic (exact) mass is 225 g/mol. The van der Waals surface area contributed by atoms with E-state index < -0.39 is 0 Å². The largest absolute Gasteiger partial charge is 0.469 e. The zero-order valence-corrected chi connectivity index (χ0v) is 10.1. The third-order valence-corrected chi connectivity index (χ3v) is 2.46. The second kappa shape index (κ2) is 6.27. The number of carbonyl (C=O) groups is 1. The van der Waals surface area contributed by atoms with Crippen LogP contribution in [0.1, 0.15) is 31.4 Å². The van der Waals surface area contributed by atoms with Crippen LogP contribution in [-0.2, 0) is 16.1 Å². The Labute approximate surface area is 95.8 Å². The summed E-state index contributed by atoms with van der Waals surface area (Å²) < 4.78 is 6.54. The molecule has 0 fully saturated rings. The van der Waals surface area contributed by atoms with Gasteiger partial charge in [-0.3, -0.25) is 9.48 Å². The van der Waals surface area contributed by atoms with Crippen LogP contribution in [0.3, 0.4) is 0 Å². The predicted octanol–water partition coefficient (Wildman–Crippen LogP) is 1.12. The van der Waals surface area contributed by atoms with E-state index in [-0.39, 0.29) is 12.0 Å². The third kappa shape index (κ3) is 3.34. The molecule has 0 aliphatic rings. The number of aryl methyl sites for hydroxylation is 1. The molecule has 0 aliphatic heterocycles. The van der Waals surface area contributed by atoms with Gasteiger partial charge in [0.05, 0.1) is 19.7 Å². The molecule has 0 aliphatic carbocycles. The summed E-state index contributed by atoms with van der Waals surface area (Å²) in [5.41, 5.74) is 1.02. The number of esters is 1. The fourth-order valence-electron chi connectivity index (χ4n) is 1.55. The van der Waals surface area contributed by atoms with Crippen LogP contribution < -0.4 is 5.32 Å². The van der Waals surface area contributed by atoms with Crippen LogP contribution in [0.2, 0.25) is 0 Å². The molecule has 0 aromatic carbocycles. The van der Waals surface area contributed by atoms with E-state index in [9.17, 15) is 4.79 Å². The van der Waals surface area contributed by atoms with Gasteiger partial charge >= 0.3 is 5.97 Å². The summed E-state index contributed by atoms with van der Waals surface area (Å²) in [5, 5.41) is 7.32. The summed E-state index contributed by atoms with van der Waals surface area (Å²) in [6, 6.07) is -0.0296. The van der Waals surface area contributed by atoms with Gasteiger partial charge in [-0.25, -0.2) is 0 Å². The Morgan fingerprint density at radius 3 is 3.00 bits per heavy atom. The van der Waals surface area contributed by atoms with Crippen molar-refractivity contribution in [2.24, 2.45) is 0 Å². The maximum absolute atomic E-state index is 11.2. The van der Waals surface area contributed by atoms with Crippen LogP contribution >= 0.6 is 0 Å². The lowest BCUT2D eigenvalue weighted by Gasteiger charge is -2.12. The van der Waals surface area contributed by atoms with Crippen molar-refractivity contribution in [3.63, 3.8) is 0 Å². The Hall–Kier alpha value is -1.36. The SMILES string of the molecule is CCCn1cc(C(CC(=O)OC)NC)cn1. The summed E-state index contributed by atoms with van der Waals surface area (Å²) in [7, 11) is 3.22. The Morgan fingerprint density at radius 1 is 1.69 bits per heavy atom. The first-order valence-corrected chi connectivity index (χ1v) is 5.47. The zero-order chi connectivity index (χ0) is 12.0. The highest BCUT2D eigenvalue weighted by Gasteiger charge is 2.15. The van der Waals surface area contributed by atoms with E-state index in [1.807, 2.05) is 17.9 Å². The second-order valence-corrected chi connectivity index (χ2v) is 3.66. The molecule has 0 spiro atoms. The number of carbonyl (C=O) groups excluding carboxylic acids is 1. The number of methoxy groups -OCH3 is 1. The quantitative estimate of drug-likeness (QED) is 0.737. The van der Waals surface area contributed by atoms with Gasteiger partial charge in [-0.1, -0.05) is 6.92 Å². The number of nitrogens with zero attached hydrogens (tertiary/aromatic N) is 2. The van der Waals surface area contributed by atoms with Gasteiger partial charge in [-0.05, 0) is 13.5 Å². The molecular weight excluding hydrogens is 206 g/mol. The van der Waals surface area contributed by atoms with Gasteiger partial charge in [0.1, 0.15) is 0 Å². The number of hydrogen-bond donors (Lipinski definition) is 1. The number of ether oxygens (including phenoxy) is 1. The summed E-state index contributed by atoms with van der Waals surface area (Å²) in [5.74, 6) is -0.220. The van der Waals surface area contributed by atoms with E-state index in [1.165, 1.54) is 7.11 Å². The van der Waals surface area contributed by atoms with Crippen LogP contribution in [0.4, 0.5) is 0 Å². The first-order chi connectivity index (χ1) is 7.71. The average molecular weight is 225 g/mol. The highest BCUT2D eigenvalue weighted by Crippen LogP contribution is 2.16. The summed E-state index contributed by atoms with van der Waals surface area (Å²) in [4.78, 5) is 11.2. The normalized spacial score (nSPS) is 12.4. The van der Waals surface area contributed by atoms with E-state index in [4.69, 9.17) is 0 Å². The van der Waals surface area contributed by atoms with Crippen LogP contribution in [0.5, 0.6) is 0 Å². The van der Waals surface area contributed by atoms with Crippen molar-refractivity contribution >= 4 is 5.97 Å². The Morgan fingerprint density at radius 2 is 2.44 bits per heavy atom. The molecule has 1 rings (SSSR count). The summed E-state index contributed by atoms with van der Waals surface area (Å²) in [6.45, 7) is 3.00. The van der Waals surface area contributed by atoms with Crippen LogP contribution in [-0.4, -0.2) is 29.9 Å². The van der Waals surface area contributed by atoms with Gasteiger partial charge in [-0.2, -0.15) is 5.10 Å². The molecule has 1 aromatic rings. The van der Waals surface area contributed by atoms with E-state index in [1.54, 1.807) is 6.20 Å². The molecule has 0 radical (unpaired) electrons. The van der Waals surface area contributed by atoms with Gasteiger partial charge in [0, 0.05) is 24.3 Å². The average Bonchev–Trinajstić information content (AvgIpc) is 2.74.